The van der Waals surface area contributed by atoms with Gasteiger partial charge in [0.2, 0.25) is 0 Å². The van der Waals surface area contributed by atoms with Gasteiger partial charge in [-0.1, -0.05) is 49.2 Å². The lowest BCUT2D eigenvalue weighted by molar-refractivity contribution is -0.140. The fourth-order valence-electron chi connectivity index (χ4n) is 4.08. The third-order valence-corrected chi connectivity index (χ3v) is 6.47. The first-order valence-corrected chi connectivity index (χ1v) is 11.7. The van der Waals surface area contributed by atoms with Gasteiger partial charge in [-0.2, -0.15) is 0 Å². The Labute approximate surface area is 204 Å². The molecule has 0 saturated carbocycles. The number of ketones is 1. The second-order valence-electron chi connectivity index (χ2n) is 7.77. The number of aliphatic hydroxyl groups excluding tert-OH is 1. The molecule has 1 amide bonds. The van der Waals surface area contributed by atoms with Crippen LogP contribution in [-0.2, 0) is 9.59 Å². The highest BCUT2D eigenvalue weighted by Crippen LogP contribution is 2.40. The molecule has 6 nitrogen and oxygen atoms in total. The molecule has 33 heavy (non-hydrogen) atoms. The number of ether oxygens (including phenoxy) is 1. The fraction of sp³-hybridized carbons (Fsp3) is 0.360. The molecule has 0 radical (unpaired) electrons. The number of halogens is 2. The number of Topliss-reactive ketones (excluding diaryl/α,β-unsaturated/α-hetero) is 1. The van der Waals surface area contributed by atoms with Crippen molar-refractivity contribution >= 4 is 40.7 Å². The number of likely N-dealkylation sites (tertiary alicyclic amines) is 1. The molecule has 1 N–H and O–H groups in total. The highest BCUT2D eigenvalue weighted by atomic mass is 35.5. The quantitative estimate of drug-likeness (QED) is 0.298. The van der Waals surface area contributed by atoms with Crippen LogP contribution in [0.25, 0.3) is 5.76 Å². The summed E-state index contributed by atoms with van der Waals surface area (Å²) in [6.07, 6.45) is 0.702. The Morgan fingerprint density at radius 2 is 1.76 bits per heavy atom. The topological polar surface area (TPSA) is 70.1 Å². The van der Waals surface area contributed by atoms with Crippen molar-refractivity contribution in [2.45, 2.75) is 26.3 Å². The first kappa shape index (κ1) is 25.1. The van der Waals surface area contributed by atoms with Gasteiger partial charge < -0.3 is 19.6 Å². The van der Waals surface area contributed by atoms with Gasteiger partial charge >= 0.3 is 0 Å². The molecule has 0 bridgehead atoms. The van der Waals surface area contributed by atoms with Crippen LogP contribution >= 0.6 is 23.2 Å². The number of carbonyl (C=O) groups excluding carboxylic acids is 2. The molecular formula is C25H28Cl2N2O4. The van der Waals surface area contributed by atoms with Gasteiger partial charge in [0.25, 0.3) is 11.7 Å². The number of carbonyl (C=O) groups is 2. The number of methoxy groups -OCH3 is 1. The van der Waals surface area contributed by atoms with Crippen LogP contribution in [0.1, 0.15) is 37.4 Å². The molecule has 2 aromatic carbocycles. The molecule has 1 aliphatic rings. The second-order valence-corrected chi connectivity index (χ2v) is 8.62. The molecule has 2 aromatic rings. The maximum absolute atomic E-state index is 13.1. The number of hydrogen-bond donors (Lipinski definition) is 1. The first-order valence-electron chi connectivity index (χ1n) is 10.9. The summed E-state index contributed by atoms with van der Waals surface area (Å²) < 4.78 is 5.17. The maximum atomic E-state index is 13.1. The summed E-state index contributed by atoms with van der Waals surface area (Å²) in [5.41, 5.74) is 1.06. The molecule has 1 saturated heterocycles. The SMILES string of the molecule is CCN(CC)CCCN1C(=O)C(=O)C(=C(O)c2ccc(OC)c(Cl)c2)[C@H]1c1ccc(Cl)cc1. The van der Waals surface area contributed by atoms with E-state index in [1.807, 2.05) is 0 Å². The Morgan fingerprint density at radius 3 is 2.33 bits per heavy atom. The maximum Gasteiger partial charge on any atom is 0.295 e. The Kier molecular flexibility index (Phi) is 8.40. The molecule has 0 unspecified atom stereocenters. The first-order chi connectivity index (χ1) is 15.8. The van der Waals surface area contributed by atoms with Crippen LogP contribution in [-0.4, -0.2) is 59.9 Å². The molecular weight excluding hydrogens is 463 g/mol. The van der Waals surface area contributed by atoms with Crippen molar-refractivity contribution < 1.29 is 19.4 Å². The Hall–Kier alpha value is -2.54. The van der Waals surface area contributed by atoms with E-state index in [-0.39, 0.29) is 16.4 Å². The van der Waals surface area contributed by atoms with Gasteiger partial charge in [-0.15, -0.1) is 0 Å². The molecule has 1 aliphatic heterocycles. The van der Waals surface area contributed by atoms with Crippen LogP contribution in [0.4, 0.5) is 0 Å². The van der Waals surface area contributed by atoms with E-state index in [9.17, 15) is 14.7 Å². The molecule has 1 heterocycles. The van der Waals surface area contributed by atoms with Gasteiger partial charge in [0.15, 0.2) is 0 Å². The van der Waals surface area contributed by atoms with E-state index in [0.717, 1.165) is 19.6 Å². The third kappa shape index (κ3) is 5.35. The summed E-state index contributed by atoms with van der Waals surface area (Å²) >= 11 is 12.3. The highest BCUT2D eigenvalue weighted by molar-refractivity contribution is 6.46. The summed E-state index contributed by atoms with van der Waals surface area (Å²) in [6, 6.07) is 11.0. The minimum atomic E-state index is -0.722. The standard InChI is InChI=1S/C25H28Cl2N2O4/c1-4-28(5-2)13-6-14-29-22(16-7-10-18(26)11-8-16)21(24(31)25(29)32)23(30)17-9-12-20(33-3)19(27)15-17/h7-12,15,22,30H,4-6,13-14H2,1-3H3/t22-/m1/s1. The number of hydrogen-bond acceptors (Lipinski definition) is 5. The minimum Gasteiger partial charge on any atom is -0.507 e. The van der Waals surface area contributed by atoms with E-state index < -0.39 is 17.7 Å². The lowest BCUT2D eigenvalue weighted by atomic mass is 9.95. The van der Waals surface area contributed by atoms with Crippen molar-refractivity contribution in [1.29, 1.82) is 0 Å². The molecule has 1 fully saturated rings. The van der Waals surface area contributed by atoms with Gasteiger partial charge in [-0.25, -0.2) is 0 Å². The highest BCUT2D eigenvalue weighted by Gasteiger charge is 2.45. The van der Waals surface area contributed by atoms with Gasteiger partial charge in [-0.3, -0.25) is 9.59 Å². The van der Waals surface area contributed by atoms with E-state index in [4.69, 9.17) is 27.9 Å². The molecule has 3 rings (SSSR count). The van der Waals surface area contributed by atoms with Crippen LogP contribution < -0.4 is 4.74 Å². The van der Waals surface area contributed by atoms with Gasteiger partial charge in [-0.05, 0) is 62.0 Å². The lowest BCUT2D eigenvalue weighted by Crippen LogP contribution is -2.33. The number of aliphatic hydroxyl groups is 1. The Bertz CT molecular complexity index is 1050. The molecule has 176 valence electrons. The summed E-state index contributed by atoms with van der Waals surface area (Å²) in [4.78, 5) is 29.9. The Balaban J connectivity index is 2.04. The molecule has 0 aliphatic carbocycles. The van der Waals surface area contributed by atoms with Crippen molar-refractivity contribution in [1.82, 2.24) is 9.80 Å². The zero-order chi connectivity index (χ0) is 24.1. The van der Waals surface area contributed by atoms with E-state index in [2.05, 4.69) is 18.7 Å². The predicted octanol–water partition coefficient (Wildman–Crippen LogP) is 5.16. The smallest absolute Gasteiger partial charge is 0.295 e. The van der Waals surface area contributed by atoms with E-state index in [1.165, 1.54) is 18.1 Å². The zero-order valence-electron chi connectivity index (χ0n) is 19.0. The number of rotatable bonds is 9. The number of benzene rings is 2. The molecule has 0 spiro atoms. The van der Waals surface area contributed by atoms with Crippen molar-refractivity contribution in [3.05, 3.63) is 69.2 Å². The van der Waals surface area contributed by atoms with Crippen LogP contribution in [0.5, 0.6) is 5.75 Å². The van der Waals surface area contributed by atoms with E-state index in [1.54, 1.807) is 36.4 Å². The van der Waals surface area contributed by atoms with Crippen molar-refractivity contribution in [3.63, 3.8) is 0 Å². The van der Waals surface area contributed by atoms with E-state index in [0.29, 0.717) is 34.9 Å². The van der Waals surface area contributed by atoms with E-state index >= 15 is 0 Å². The average molecular weight is 491 g/mol. The normalized spacial score (nSPS) is 17.8. The van der Waals surface area contributed by atoms with Crippen molar-refractivity contribution in [3.8, 4) is 5.75 Å². The number of nitrogens with zero attached hydrogens (tertiary/aromatic N) is 2. The molecule has 1 atom stereocenters. The zero-order valence-corrected chi connectivity index (χ0v) is 20.5. The van der Waals surface area contributed by atoms with Crippen LogP contribution in [0.3, 0.4) is 0 Å². The summed E-state index contributed by atoms with van der Waals surface area (Å²) in [5.74, 6) is -1.18. The van der Waals surface area contributed by atoms with Crippen molar-refractivity contribution in [2.24, 2.45) is 0 Å². The predicted molar refractivity (Wildman–Crippen MR) is 131 cm³/mol. The minimum absolute atomic E-state index is 0.0337. The summed E-state index contributed by atoms with van der Waals surface area (Å²) in [6.45, 7) is 7.18. The van der Waals surface area contributed by atoms with Crippen LogP contribution in [0, 0.1) is 0 Å². The van der Waals surface area contributed by atoms with Crippen molar-refractivity contribution in [2.75, 3.05) is 33.3 Å². The van der Waals surface area contributed by atoms with Crippen LogP contribution in [0.15, 0.2) is 48.0 Å². The van der Waals surface area contributed by atoms with Gasteiger partial charge in [0, 0.05) is 17.1 Å². The van der Waals surface area contributed by atoms with Gasteiger partial charge in [0.1, 0.15) is 11.5 Å². The van der Waals surface area contributed by atoms with Gasteiger partial charge in [0.05, 0.1) is 23.7 Å². The third-order valence-electron chi connectivity index (χ3n) is 5.92. The Morgan fingerprint density at radius 1 is 1.09 bits per heavy atom. The van der Waals surface area contributed by atoms with Crippen LogP contribution in [0.2, 0.25) is 10.0 Å². The molecule has 8 heteroatoms. The number of amides is 1. The molecule has 0 aromatic heterocycles. The largest absolute Gasteiger partial charge is 0.507 e. The monoisotopic (exact) mass is 490 g/mol. The fourth-order valence-corrected chi connectivity index (χ4v) is 4.46. The summed E-state index contributed by atoms with van der Waals surface area (Å²) in [7, 11) is 1.49. The lowest BCUT2D eigenvalue weighted by Gasteiger charge is -2.27. The summed E-state index contributed by atoms with van der Waals surface area (Å²) in [5, 5.41) is 12.0. The average Bonchev–Trinajstić information content (AvgIpc) is 3.06. The second kappa shape index (κ2) is 11.1.